The van der Waals surface area contributed by atoms with E-state index < -0.39 is 0 Å². The van der Waals surface area contributed by atoms with Crippen LogP contribution in [-0.2, 0) is 6.54 Å². The lowest BCUT2D eigenvalue weighted by atomic mass is 10.2. The molecule has 0 saturated heterocycles. The van der Waals surface area contributed by atoms with E-state index >= 15 is 0 Å². The Hall–Kier alpha value is -1.20. The van der Waals surface area contributed by atoms with E-state index in [2.05, 4.69) is 40.0 Å². The van der Waals surface area contributed by atoms with Crippen LogP contribution in [0.15, 0.2) is 21.9 Å². The van der Waals surface area contributed by atoms with Gasteiger partial charge in [-0.3, -0.25) is 0 Å². The van der Waals surface area contributed by atoms with Gasteiger partial charge in [0, 0.05) is 17.8 Å². The van der Waals surface area contributed by atoms with E-state index in [1.54, 1.807) is 18.3 Å². The summed E-state index contributed by atoms with van der Waals surface area (Å²) in [7, 11) is 0. The van der Waals surface area contributed by atoms with Crippen molar-refractivity contribution < 1.29 is 4.42 Å². The van der Waals surface area contributed by atoms with E-state index in [1.165, 1.54) is 4.88 Å². The van der Waals surface area contributed by atoms with E-state index in [0.717, 1.165) is 6.42 Å². The number of hydrogen-bond acceptors (Lipinski definition) is 5. The number of aryl methyl sites for hydroxylation is 1. The number of thiophene rings is 1. The Balaban J connectivity index is 1.93. The summed E-state index contributed by atoms with van der Waals surface area (Å²) in [6.07, 6.45) is 1.05. The van der Waals surface area contributed by atoms with Gasteiger partial charge in [-0.25, -0.2) is 0 Å². The first-order valence-electron chi connectivity index (χ1n) is 5.35. The molecule has 0 aliphatic carbocycles. The van der Waals surface area contributed by atoms with Crippen LogP contribution in [0.2, 0.25) is 0 Å². The first-order valence-corrected chi connectivity index (χ1v) is 6.23. The van der Waals surface area contributed by atoms with E-state index in [4.69, 9.17) is 4.42 Å². The summed E-state index contributed by atoms with van der Waals surface area (Å²) >= 11 is 1.77. The summed E-state index contributed by atoms with van der Waals surface area (Å²) < 4.78 is 5.31. The minimum atomic E-state index is 0.368. The molecule has 0 aliphatic rings. The average molecular weight is 237 g/mol. The van der Waals surface area contributed by atoms with E-state index in [-0.39, 0.29) is 0 Å². The molecule has 0 unspecified atom stereocenters. The molecule has 2 aromatic heterocycles. The summed E-state index contributed by atoms with van der Waals surface area (Å²) in [4.78, 5) is 1.35. The molecular formula is C11H15N3OS. The maximum atomic E-state index is 5.31. The Labute approximate surface area is 98.7 Å². The molecule has 1 N–H and O–H groups in total. The van der Waals surface area contributed by atoms with Gasteiger partial charge >= 0.3 is 0 Å². The summed E-state index contributed by atoms with van der Waals surface area (Å²) in [6.45, 7) is 4.58. The highest BCUT2D eigenvalue weighted by molar-refractivity contribution is 7.10. The van der Waals surface area contributed by atoms with Crippen molar-refractivity contribution in [2.24, 2.45) is 0 Å². The van der Waals surface area contributed by atoms with Gasteiger partial charge in [0.1, 0.15) is 0 Å². The molecule has 2 heterocycles. The molecule has 2 rings (SSSR count). The van der Waals surface area contributed by atoms with E-state index in [9.17, 15) is 0 Å². The van der Waals surface area contributed by atoms with Crippen molar-refractivity contribution in [3.63, 3.8) is 0 Å². The number of rotatable bonds is 5. The molecule has 0 saturated carbocycles. The maximum Gasteiger partial charge on any atom is 0.230 e. The first kappa shape index (κ1) is 11.3. The molecule has 2 aromatic rings. The Kier molecular flexibility index (Phi) is 3.69. The van der Waals surface area contributed by atoms with Crippen LogP contribution in [0.25, 0.3) is 0 Å². The highest BCUT2D eigenvalue weighted by Crippen LogP contribution is 2.21. The molecule has 0 amide bonds. The minimum Gasteiger partial charge on any atom is -0.424 e. The third-order valence-electron chi connectivity index (χ3n) is 2.36. The molecule has 0 aliphatic heterocycles. The second-order valence-corrected chi connectivity index (χ2v) is 4.55. The topological polar surface area (TPSA) is 51.0 Å². The summed E-state index contributed by atoms with van der Waals surface area (Å²) in [6, 6.07) is 4.58. The van der Waals surface area contributed by atoms with E-state index in [1.807, 2.05) is 0 Å². The lowest BCUT2D eigenvalue weighted by molar-refractivity contribution is 0.421. The second-order valence-electron chi connectivity index (χ2n) is 3.57. The van der Waals surface area contributed by atoms with Crippen molar-refractivity contribution in [1.29, 1.82) is 0 Å². The number of hydrogen-bond donors (Lipinski definition) is 1. The zero-order chi connectivity index (χ0) is 11.4. The van der Waals surface area contributed by atoms with Crippen LogP contribution in [0, 0.1) is 6.92 Å². The largest absolute Gasteiger partial charge is 0.424 e. The van der Waals surface area contributed by atoms with Crippen LogP contribution >= 0.6 is 11.3 Å². The van der Waals surface area contributed by atoms with Gasteiger partial charge < -0.3 is 9.73 Å². The molecule has 0 fully saturated rings. The molecule has 1 atom stereocenters. The summed E-state index contributed by atoms with van der Waals surface area (Å²) in [5.41, 5.74) is 0. The fraction of sp³-hybridized carbons (Fsp3) is 0.455. The zero-order valence-corrected chi connectivity index (χ0v) is 10.3. The third-order valence-corrected chi connectivity index (χ3v) is 3.35. The molecule has 16 heavy (non-hydrogen) atoms. The average Bonchev–Trinajstić information content (AvgIpc) is 2.91. The summed E-state index contributed by atoms with van der Waals surface area (Å²) in [5, 5.41) is 13.3. The molecule has 0 radical (unpaired) electrons. The molecule has 4 nitrogen and oxygen atoms in total. The van der Waals surface area contributed by atoms with Crippen LogP contribution in [0.4, 0.5) is 0 Å². The van der Waals surface area contributed by atoms with Gasteiger partial charge in [0.2, 0.25) is 11.8 Å². The van der Waals surface area contributed by atoms with Crippen molar-refractivity contribution in [3.8, 4) is 0 Å². The van der Waals surface area contributed by atoms with Crippen LogP contribution in [0.1, 0.15) is 36.0 Å². The molecule has 0 aromatic carbocycles. The standard InChI is InChI=1S/C11H15N3OS/c1-3-9(10-5-4-6-16-10)12-7-11-14-13-8(2)15-11/h4-6,9,12H,3,7H2,1-2H3/t9-/m0/s1. The predicted octanol–water partition coefficient (Wildman–Crippen LogP) is 2.68. The van der Waals surface area contributed by atoms with Crippen LogP contribution < -0.4 is 5.32 Å². The molecule has 0 bridgehead atoms. The normalized spacial score (nSPS) is 12.9. The Morgan fingerprint density at radius 2 is 2.38 bits per heavy atom. The summed E-state index contributed by atoms with van der Waals surface area (Å²) in [5.74, 6) is 1.26. The Morgan fingerprint density at radius 3 is 2.94 bits per heavy atom. The molecule has 86 valence electrons. The van der Waals surface area contributed by atoms with E-state index in [0.29, 0.717) is 24.4 Å². The van der Waals surface area contributed by atoms with Gasteiger partial charge in [0.05, 0.1) is 6.54 Å². The number of nitrogens with zero attached hydrogens (tertiary/aromatic N) is 2. The van der Waals surface area contributed by atoms with Crippen LogP contribution in [-0.4, -0.2) is 10.2 Å². The van der Waals surface area contributed by atoms with Crippen molar-refractivity contribution in [2.45, 2.75) is 32.9 Å². The smallest absolute Gasteiger partial charge is 0.230 e. The molecule has 5 heteroatoms. The first-order chi connectivity index (χ1) is 7.79. The second kappa shape index (κ2) is 5.23. The Bertz CT molecular complexity index is 424. The molecule has 0 spiro atoms. The van der Waals surface area contributed by atoms with Gasteiger partial charge in [-0.2, -0.15) is 0 Å². The van der Waals surface area contributed by atoms with Gasteiger partial charge in [-0.15, -0.1) is 21.5 Å². The van der Waals surface area contributed by atoms with Crippen molar-refractivity contribution in [2.75, 3.05) is 0 Å². The maximum absolute atomic E-state index is 5.31. The van der Waals surface area contributed by atoms with Gasteiger partial charge in [0.25, 0.3) is 0 Å². The zero-order valence-electron chi connectivity index (χ0n) is 9.43. The van der Waals surface area contributed by atoms with Crippen molar-refractivity contribution in [1.82, 2.24) is 15.5 Å². The highest BCUT2D eigenvalue weighted by Gasteiger charge is 2.11. The van der Waals surface area contributed by atoms with Gasteiger partial charge in [0.15, 0.2) is 0 Å². The monoisotopic (exact) mass is 237 g/mol. The van der Waals surface area contributed by atoms with Crippen LogP contribution in [0.3, 0.4) is 0 Å². The quantitative estimate of drug-likeness (QED) is 0.868. The lowest BCUT2D eigenvalue weighted by Gasteiger charge is -2.13. The predicted molar refractivity (Wildman–Crippen MR) is 63.2 cm³/mol. The van der Waals surface area contributed by atoms with Crippen molar-refractivity contribution >= 4 is 11.3 Å². The lowest BCUT2D eigenvalue weighted by Crippen LogP contribution is -2.19. The minimum absolute atomic E-state index is 0.368. The Morgan fingerprint density at radius 1 is 1.50 bits per heavy atom. The fourth-order valence-corrected chi connectivity index (χ4v) is 2.44. The molecular weight excluding hydrogens is 222 g/mol. The highest BCUT2D eigenvalue weighted by atomic mass is 32.1. The third kappa shape index (κ3) is 2.68. The van der Waals surface area contributed by atoms with Gasteiger partial charge in [-0.1, -0.05) is 13.0 Å². The fourth-order valence-electron chi connectivity index (χ4n) is 1.56. The number of aromatic nitrogens is 2. The van der Waals surface area contributed by atoms with Gasteiger partial charge in [-0.05, 0) is 17.9 Å². The SMILES string of the molecule is CC[C@H](NCc1nnc(C)o1)c1cccs1. The van der Waals surface area contributed by atoms with Crippen molar-refractivity contribution in [3.05, 3.63) is 34.2 Å². The number of nitrogens with one attached hydrogen (secondary N) is 1. The van der Waals surface area contributed by atoms with Crippen LogP contribution in [0.5, 0.6) is 0 Å².